The van der Waals surface area contributed by atoms with Gasteiger partial charge in [-0.2, -0.15) is 0 Å². The predicted molar refractivity (Wildman–Crippen MR) is 298 cm³/mol. The number of nitrogens with zero attached hydrogens (tertiary/aromatic N) is 2. The van der Waals surface area contributed by atoms with Crippen LogP contribution in [-0.2, 0) is 0 Å². The molecule has 0 aliphatic rings. The highest BCUT2D eigenvalue weighted by Crippen LogP contribution is 2.40. The van der Waals surface area contributed by atoms with E-state index in [0.717, 1.165) is 22.7 Å². The molecule has 0 spiro atoms. The second-order valence-electron chi connectivity index (χ2n) is 18.1. The van der Waals surface area contributed by atoms with Crippen molar-refractivity contribution in [1.29, 1.82) is 0 Å². The van der Waals surface area contributed by atoms with Crippen molar-refractivity contribution in [2.45, 2.75) is 0 Å². The Morgan fingerprint density at radius 2 is 0.643 bits per heavy atom. The minimum atomic E-state index is 1.09. The standard InChI is InChI=1S/C68H46N2/c1-2-15-59(16-3-1)70-67-20-9-8-18-65(67)66-46-58(37-44-68(66)70)53-35-42-62(43-36-53)69(60-38-31-50(32-39-60)48-21-23-52(24-22-48)57-30-27-47-11-4-5-13-56(47)45-57)61-40-33-51(34-41-61)49-25-28-55(29-26-49)64-19-10-14-54-12-6-7-17-63(54)64/h1-46H. The zero-order valence-corrected chi connectivity index (χ0v) is 38.5. The zero-order valence-electron chi connectivity index (χ0n) is 38.5. The van der Waals surface area contributed by atoms with Crippen LogP contribution in [0.25, 0.3) is 105 Å². The summed E-state index contributed by atoms with van der Waals surface area (Å²) in [7, 11) is 0. The fourth-order valence-corrected chi connectivity index (χ4v) is 10.4. The van der Waals surface area contributed by atoms with E-state index >= 15 is 0 Å². The Hall–Kier alpha value is -9.24. The molecule has 12 aromatic carbocycles. The molecule has 0 atom stereocenters. The number of fused-ring (bicyclic) bond motifs is 5. The molecule has 1 heterocycles. The lowest BCUT2D eigenvalue weighted by molar-refractivity contribution is 1.18. The Kier molecular flexibility index (Phi) is 10.2. The number of anilines is 3. The lowest BCUT2D eigenvalue weighted by Crippen LogP contribution is -2.09. The van der Waals surface area contributed by atoms with Gasteiger partial charge in [0, 0.05) is 33.5 Å². The molecule has 13 rings (SSSR count). The predicted octanol–water partition coefficient (Wildman–Crippen LogP) is 18.9. The Balaban J connectivity index is 0.832. The number of benzene rings is 12. The van der Waals surface area contributed by atoms with Crippen LogP contribution >= 0.6 is 0 Å². The molecule has 0 N–H and O–H groups in total. The molecule has 0 unspecified atom stereocenters. The number of hydrogen-bond acceptors (Lipinski definition) is 1. The maximum atomic E-state index is 2.37. The maximum Gasteiger partial charge on any atom is 0.0541 e. The Morgan fingerprint density at radius 1 is 0.229 bits per heavy atom. The summed E-state index contributed by atoms with van der Waals surface area (Å²) in [6.07, 6.45) is 0. The van der Waals surface area contributed by atoms with Gasteiger partial charge in [-0.05, 0) is 150 Å². The molecule has 0 aliphatic heterocycles. The van der Waals surface area contributed by atoms with Crippen molar-refractivity contribution in [3.05, 3.63) is 279 Å². The number of hydrogen-bond donors (Lipinski definition) is 0. The Bertz CT molecular complexity index is 3990. The van der Waals surface area contributed by atoms with Gasteiger partial charge in [0.05, 0.1) is 11.0 Å². The third kappa shape index (κ3) is 7.49. The molecule has 0 amide bonds. The molecular weight excluding hydrogens is 845 g/mol. The summed E-state index contributed by atoms with van der Waals surface area (Å²) in [6.45, 7) is 0. The molecule has 0 fully saturated rings. The normalized spacial score (nSPS) is 11.4. The largest absolute Gasteiger partial charge is 0.311 e. The average molecular weight is 891 g/mol. The molecule has 0 radical (unpaired) electrons. The van der Waals surface area contributed by atoms with E-state index < -0.39 is 0 Å². The average Bonchev–Trinajstić information content (AvgIpc) is 3.77. The molecule has 0 aliphatic carbocycles. The topological polar surface area (TPSA) is 8.17 Å². The highest BCUT2D eigenvalue weighted by molar-refractivity contribution is 6.10. The lowest BCUT2D eigenvalue weighted by Gasteiger charge is -2.26. The van der Waals surface area contributed by atoms with Crippen LogP contribution in [0.2, 0.25) is 0 Å². The van der Waals surface area contributed by atoms with E-state index in [4.69, 9.17) is 0 Å². The lowest BCUT2D eigenvalue weighted by atomic mass is 9.96. The van der Waals surface area contributed by atoms with Gasteiger partial charge in [-0.15, -0.1) is 0 Å². The quantitative estimate of drug-likeness (QED) is 0.140. The van der Waals surface area contributed by atoms with Crippen LogP contribution in [0.1, 0.15) is 0 Å². The summed E-state index contributed by atoms with van der Waals surface area (Å²) in [5.41, 5.74) is 18.8. The van der Waals surface area contributed by atoms with Crippen molar-refractivity contribution in [3.63, 3.8) is 0 Å². The van der Waals surface area contributed by atoms with Crippen LogP contribution in [-0.4, -0.2) is 4.57 Å². The molecule has 328 valence electrons. The molecular formula is C68H46N2. The first-order valence-electron chi connectivity index (χ1n) is 24.1. The van der Waals surface area contributed by atoms with Crippen LogP contribution in [0.3, 0.4) is 0 Å². The van der Waals surface area contributed by atoms with Gasteiger partial charge in [0.1, 0.15) is 0 Å². The first kappa shape index (κ1) is 41.0. The van der Waals surface area contributed by atoms with Gasteiger partial charge < -0.3 is 9.47 Å². The molecule has 2 heteroatoms. The minimum absolute atomic E-state index is 1.09. The van der Waals surface area contributed by atoms with E-state index in [0.29, 0.717) is 0 Å². The van der Waals surface area contributed by atoms with Gasteiger partial charge >= 0.3 is 0 Å². The highest BCUT2D eigenvalue weighted by Gasteiger charge is 2.17. The summed E-state index contributed by atoms with van der Waals surface area (Å²) >= 11 is 0. The number of rotatable bonds is 9. The van der Waals surface area contributed by atoms with Gasteiger partial charge in [-0.1, -0.05) is 206 Å². The van der Waals surface area contributed by atoms with Crippen molar-refractivity contribution < 1.29 is 0 Å². The summed E-state index contributed by atoms with van der Waals surface area (Å²) in [4.78, 5) is 2.36. The summed E-state index contributed by atoms with van der Waals surface area (Å²) < 4.78 is 2.37. The van der Waals surface area contributed by atoms with Gasteiger partial charge in [0.25, 0.3) is 0 Å². The molecule has 1 aromatic heterocycles. The smallest absolute Gasteiger partial charge is 0.0541 e. The summed E-state index contributed by atoms with van der Waals surface area (Å²) in [6, 6.07) is 102. The third-order valence-electron chi connectivity index (χ3n) is 14.0. The van der Waals surface area contributed by atoms with Gasteiger partial charge in [0.15, 0.2) is 0 Å². The van der Waals surface area contributed by atoms with Crippen LogP contribution in [0.5, 0.6) is 0 Å². The summed E-state index contributed by atoms with van der Waals surface area (Å²) in [5.74, 6) is 0. The second kappa shape index (κ2) is 17.4. The molecule has 70 heavy (non-hydrogen) atoms. The third-order valence-corrected chi connectivity index (χ3v) is 14.0. The Labute approximate surface area is 408 Å². The van der Waals surface area contributed by atoms with Crippen LogP contribution in [0.15, 0.2) is 279 Å². The van der Waals surface area contributed by atoms with E-state index in [1.807, 2.05) is 0 Å². The van der Waals surface area contributed by atoms with Crippen molar-refractivity contribution in [2.75, 3.05) is 4.90 Å². The number of para-hydroxylation sites is 2. The first-order valence-corrected chi connectivity index (χ1v) is 24.1. The van der Waals surface area contributed by atoms with Crippen LogP contribution < -0.4 is 4.90 Å². The highest BCUT2D eigenvalue weighted by atomic mass is 15.1. The van der Waals surface area contributed by atoms with Gasteiger partial charge in [-0.3, -0.25) is 0 Å². The fraction of sp³-hybridized carbons (Fsp3) is 0. The van der Waals surface area contributed by atoms with Crippen LogP contribution in [0.4, 0.5) is 17.1 Å². The van der Waals surface area contributed by atoms with Crippen molar-refractivity contribution in [3.8, 4) is 61.3 Å². The number of aromatic nitrogens is 1. The monoisotopic (exact) mass is 890 g/mol. The molecule has 0 bridgehead atoms. The second-order valence-corrected chi connectivity index (χ2v) is 18.1. The minimum Gasteiger partial charge on any atom is -0.311 e. The zero-order chi connectivity index (χ0) is 46.4. The van der Waals surface area contributed by atoms with Crippen molar-refractivity contribution in [1.82, 2.24) is 4.57 Å². The van der Waals surface area contributed by atoms with Crippen molar-refractivity contribution >= 4 is 60.4 Å². The molecule has 13 aromatic rings. The molecule has 2 nitrogen and oxygen atoms in total. The maximum absolute atomic E-state index is 2.37. The van der Waals surface area contributed by atoms with Crippen molar-refractivity contribution in [2.24, 2.45) is 0 Å². The molecule has 0 saturated carbocycles. The van der Waals surface area contributed by atoms with Gasteiger partial charge in [0.2, 0.25) is 0 Å². The summed E-state index contributed by atoms with van der Waals surface area (Å²) in [5, 5.41) is 7.53. The van der Waals surface area contributed by atoms with Crippen LogP contribution in [0, 0.1) is 0 Å². The Morgan fingerprint density at radius 3 is 1.26 bits per heavy atom. The fourth-order valence-electron chi connectivity index (χ4n) is 10.4. The van der Waals surface area contributed by atoms with E-state index in [1.54, 1.807) is 0 Å². The SMILES string of the molecule is c1ccc(-n2c3ccccc3c3cc(-c4ccc(N(c5ccc(-c6ccc(-c7ccc8ccccc8c7)cc6)cc5)c5ccc(-c6ccc(-c7cccc8ccccc78)cc6)cc5)cc4)ccc32)cc1. The van der Waals surface area contributed by atoms with E-state index in [1.165, 1.54) is 99.0 Å². The first-order chi connectivity index (χ1) is 34.7. The molecule has 0 saturated heterocycles. The van der Waals surface area contributed by atoms with E-state index in [9.17, 15) is 0 Å². The van der Waals surface area contributed by atoms with E-state index in [2.05, 4.69) is 289 Å². The van der Waals surface area contributed by atoms with Gasteiger partial charge in [-0.25, -0.2) is 0 Å². The van der Waals surface area contributed by atoms with E-state index in [-0.39, 0.29) is 0 Å².